The first-order chi connectivity index (χ1) is 19.7. The molecule has 0 saturated carbocycles. The van der Waals surface area contributed by atoms with Gasteiger partial charge >= 0.3 is 240 Å². The van der Waals surface area contributed by atoms with E-state index in [0.717, 1.165) is 12.8 Å². The van der Waals surface area contributed by atoms with Gasteiger partial charge in [0.2, 0.25) is 0 Å². The van der Waals surface area contributed by atoms with Crippen LogP contribution < -0.4 is 13.1 Å². The first kappa shape index (κ1) is 29.1. The van der Waals surface area contributed by atoms with E-state index in [1.54, 1.807) is 6.54 Å². The predicted molar refractivity (Wildman–Crippen MR) is 184 cm³/mol. The zero-order valence-electron chi connectivity index (χ0n) is 23.3. The molecule has 0 heterocycles. The van der Waals surface area contributed by atoms with Gasteiger partial charge < -0.3 is 0 Å². The summed E-state index contributed by atoms with van der Waals surface area (Å²) >= 11 is -4.56. The van der Waals surface area contributed by atoms with Crippen molar-refractivity contribution in [2.24, 2.45) is 0 Å². The fraction of sp³-hybridized carbons (Fsp3) is 0.0526. The van der Waals surface area contributed by atoms with Crippen LogP contribution in [0.5, 0.6) is 0 Å². The Bertz CT molecular complexity index is 1870. The molecule has 0 fully saturated rings. The molecule has 42 heavy (non-hydrogen) atoms. The molecule has 206 valence electrons. The van der Waals surface area contributed by atoms with Gasteiger partial charge in [0.15, 0.2) is 0 Å². The number of hydrogen-bond donors (Lipinski definition) is 0. The molecule has 0 radical (unpaired) electrons. The average molecular weight is 679 g/mol. The Hall–Kier alpha value is -3.00. The van der Waals surface area contributed by atoms with E-state index in [2.05, 4.69) is 152 Å². The third-order valence-corrected chi connectivity index (χ3v) is 35.1. The Morgan fingerprint density at radius 2 is 0.738 bits per heavy atom. The van der Waals surface area contributed by atoms with Gasteiger partial charge in [0, 0.05) is 0 Å². The molecule has 0 nitrogen and oxygen atoms in total. The number of rotatable bonds is 4. The molecule has 6 aromatic carbocycles. The van der Waals surface area contributed by atoms with E-state index in [0.29, 0.717) is 0 Å². The van der Waals surface area contributed by atoms with Crippen LogP contribution in [0.25, 0.3) is 22.3 Å². The van der Waals surface area contributed by atoms with Crippen molar-refractivity contribution in [2.75, 3.05) is 0 Å². The van der Waals surface area contributed by atoms with Gasteiger partial charge in [-0.2, -0.15) is 0 Å². The molecule has 2 aliphatic rings. The normalized spacial score (nSPS) is 12.7. The van der Waals surface area contributed by atoms with E-state index < -0.39 is 17.4 Å². The Kier molecular flexibility index (Phi) is 7.57. The van der Waals surface area contributed by atoms with Crippen molar-refractivity contribution >= 4 is 44.8 Å². The topological polar surface area (TPSA) is 0 Å². The molecule has 0 amide bonds. The molecule has 0 N–H and O–H groups in total. The van der Waals surface area contributed by atoms with Crippen molar-refractivity contribution in [3.8, 4) is 22.3 Å². The first-order valence-electron chi connectivity index (χ1n) is 14.2. The number of benzene rings is 6. The van der Waals surface area contributed by atoms with Gasteiger partial charge in [-0.15, -0.1) is 24.8 Å². The molecule has 4 heteroatoms. The van der Waals surface area contributed by atoms with Crippen LogP contribution in [0.1, 0.15) is 22.3 Å². The van der Waals surface area contributed by atoms with Crippen LogP contribution in [-0.2, 0) is 30.2 Å². The van der Waals surface area contributed by atoms with Crippen LogP contribution in [0.3, 0.4) is 0 Å². The number of halogens is 2. The van der Waals surface area contributed by atoms with Gasteiger partial charge in [0.05, 0.1) is 0 Å². The van der Waals surface area contributed by atoms with Crippen molar-refractivity contribution in [3.63, 3.8) is 0 Å². The molecular formula is C38H32Cl2SiZr. The van der Waals surface area contributed by atoms with Crippen LogP contribution in [0, 0.1) is 0 Å². The maximum absolute atomic E-state index is 4.56. The second-order valence-corrected chi connectivity index (χ2v) is 32.5. The Morgan fingerprint density at radius 3 is 1.17 bits per heavy atom. The first-order valence-corrected chi connectivity index (χ1v) is 25.1. The molecule has 6 aromatic rings. The Balaban J connectivity index is 0.00000158. The molecule has 0 saturated heterocycles. The number of hydrogen-bond acceptors (Lipinski definition) is 0. The maximum atomic E-state index is 2.50. The molecule has 0 unspecified atom stereocenters. The van der Waals surface area contributed by atoms with E-state index >= 15 is 0 Å². The predicted octanol–water partition coefficient (Wildman–Crippen LogP) is 6.51. The summed E-state index contributed by atoms with van der Waals surface area (Å²) in [5, 5.41) is 0. The third kappa shape index (κ3) is 3.89. The Labute approximate surface area is 263 Å². The summed E-state index contributed by atoms with van der Waals surface area (Å²) in [6.45, 7) is 2.38. The zero-order chi connectivity index (χ0) is 26.8. The summed E-state index contributed by atoms with van der Waals surface area (Å²) in [7, 11) is 0. The summed E-state index contributed by atoms with van der Waals surface area (Å²) in [6, 6.07) is 55.6. The molecule has 8 rings (SSSR count). The molecule has 0 spiro atoms. The van der Waals surface area contributed by atoms with E-state index in [9.17, 15) is 0 Å². The monoisotopic (exact) mass is 676 g/mol. The van der Waals surface area contributed by atoms with Crippen LogP contribution in [-0.4, -0.2) is 6.88 Å². The van der Waals surface area contributed by atoms with E-state index in [-0.39, 0.29) is 24.8 Å². The van der Waals surface area contributed by atoms with Crippen molar-refractivity contribution in [1.29, 1.82) is 0 Å². The van der Waals surface area contributed by atoms with Crippen LogP contribution in [0.15, 0.2) is 146 Å². The average Bonchev–Trinajstić information content (AvgIpc) is 3.60. The Morgan fingerprint density at radius 1 is 0.381 bits per heavy atom. The van der Waals surface area contributed by atoms with E-state index in [4.69, 9.17) is 0 Å². The molecule has 2 aliphatic carbocycles. The molecular weight excluding hydrogens is 647 g/mol. The van der Waals surface area contributed by atoms with Crippen LogP contribution >= 0.6 is 24.8 Å². The van der Waals surface area contributed by atoms with Crippen molar-refractivity contribution in [1.82, 2.24) is 0 Å². The van der Waals surface area contributed by atoms with E-state index in [1.165, 1.54) is 51.1 Å². The standard InChI is InChI=1S/2C13H9.2C6H5.2ClH.H2Si.Zr/c2*1-3-7-12-10(5-1)9-11-6-2-4-8-13(11)12;2*1-2-4-6-5-3-1;;;;/h2*1-5,7-8H,9H2;2*1-5H;2*1H;1H2;. The second-order valence-electron chi connectivity index (χ2n) is 11.5. The van der Waals surface area contributed by atoms with E-state index in [1.807, 2.05) is 0 Å². The zero-order valence-corrected chi connectivity index (χ0v) is 28.8. The van der Waals surface area contributed by atoms with Crippen molar-refractivity contribution < 1.29 is 17.4 Å². The third-order valence-electron chi connectivity index (χ3n) is 9.71. The summed E-state index contributed by atoms with van der Waals surface area (Å²) in [5.41, 5.74) is 11.6. The molecule has 0 aliphatic heterocycles. The van der Waals surface area contributed by atoms with Crippen LogP contribution in [0.4, 0.5) is 0 Å². The summed E-state index contributed by atoms with van der Waals surface area (Å²) in [6.07, 6.45) is 2.00. The van der Waals surface area contributed by atoms with Crippen molar-refractivity contribution in [3.05, 3.63) is 168 Å². The van der Waals surface area contributed by atoms with Gasteiger partial charge in [-0.25, -0.2) is 0 Å². The van der Waals surface area contributed by atoms with Gasteiger partial charge in [-0.1, -0.05) is 0 Å². The quantitative estimate of drug-likeness (QED) is 0.186. The van der Waals surface area contributed by atoms with Gasteiger partial charge in [-0.05, 0) is 0 Å². The van der Waals surface area contributed by atoms with Crippen molar-refractivity contribution in [2.45, 2.75) is 12.8 Å². The fourth-order valence-electron chi connectivity index (χ4n) is 7.89. The molecule has 0 aromatic heterocycles. The number of fused-ring (bicyclic) bond motifs is 6. The van der Waals surface area contributed by atoms with Gasteiger partial charge in [-0.3, -0.25) is 0 Å². The second kappa shape index (κ2) is 10.9. The SMILES string of the molecule is Cl.Cl.[SiH2]=[Zr]([c]1ccccc1)([c]1ccccc1)([c]1cccc2c1Cc1ccccc1-2)[c]1cccc2c1Cc1ccccc1-2. The summed E-state index contributed by atoms with van der Waals surface area (Å²) in [4.78, 5) is 0. The fourth-order valence-corrected chi connectivity index (χ4v) is 30.4. The summed E-state index contributed by atoms with van der Waals surface area (Å²) < 4.78 is 6.22. The minimum absolute atomic E-state index is 0. The molecule has 0 bridgehead atoms. The molecule has 0 atom stereocenters. The van der Waals surface area contributed by atoms with Gasteiger partial charge in [0.25, 0.3) is 0 Å². The minimum atomic E-state index is -4.56. The van der Waals surface area contributed by atoms with Gasteiger partial charge in [0.1, 0.15) is 0 Å². The summed E-state index contributed by atoms with van der Waals surface area (Å²) in [5.74, 6) is 0. The van der Waals surface area contributed by atoms with Crippen LogP contribution in [0.2, 0.25) is 0 Å².